The molecule has 3 aliphatic rings. The molecule has 0 radical (unpaired) electrons. The second-order valence-corrected chi connectivity index (χ2v) is 6.33. The van der Waals surface area contributed by atoms with Gasteiger partial charge in [-0.05, 0) is 51.9 Å². The van der Waals surface area contributed by atoms with Crippen LogP contribution in [0.3, 0.4) is 0 Å². The van der Waals surface area contributed by atoms with E-state index in [2.05, 4.69) is 12.2 Å². The normalized spacial score (nSPS) is 45.5. The summed E-state index contributed by atoms with van der Waals surface area (Å²) in [5, 5.41) is 3.21. The number of nitrogens with one attached hydrogen (secondary N) is 1. The Morgan fingerprint density at radius 1 is 1.13 bits per heavy atom. The van der Waals surface area contributed by atoms with Gasteiger partial charge in [0.2, 0.25) is 5.91 Å². The van der Waals surface area contributed by atoms with Crippen LogP contribution in [0.15, 0.2) is 0 Å². The fraction of sp³-hybridized carbons (Fsp3) is 0.917. The minimum absolute atomic E-state index is 0.0121. The molecule has 3 rings (SSSR count). The molecule has 0 aromatic heterocycles. The van der Waals surface area contributed by atoms with E-state index in [4.69, 9.17) is 5.73 Å². The largest absolute Gasteiger partial charge is 0.350 e. The van der Waals surface area contributed by atoms with Gasteiger partial charge < -0.3 is 11.1 Å². The highest BCUT2D eigenvalue weighted by molar-refractivity contribution is 5.84. The molecular formula is C12H20N2O. The third kappa shape index (κ3) is 1.40. The first kappa shape index (κ1) is 9.64. The lowest BCUT2D eigenvalue weighted by Crippen LogP contribution is -2.43. The summed E-state index contributed by atoms with van der Waals surface area (Å²) in [5.41, 5.74) is 6.23. The molecule has 0 aromatic carbocycles. The lowest BCUT2D eigenvalue weighted by Gasteiger charge is -2.27. The average molecular weight is 208 g/mol. The SMILES string of the molecule is CC1(NC(=O)C23CCC(N)(CC2)C3)CC1. The van der Waals surface area contributed by atoms with Gasteiger partial charge >= 0.3 is 0 Å². The monoisotopic (exact) mass is 208 g/mol. The molecule has 3 fully saturated rings. The number of hydrogen-bond donors (Lipinski definition) is 2. The number of fused-ring (bicyclic) bond motifs is 2. The molecule has 84 valence electrons. The molecule has 0 aromatic rings. The van der Waals surface area contributed by atoms with Crippen LogP contribution in [0.4, 0.5) is 0 Å². The van der Waals surface area contributed by atoms with E-state index in [1.54, 1.807) is 0 Å². The van der Waals surface area contributed by atoms with Crippen LogP contribution in [-0.4, -0.2) is 17.0 Å². The third-order valence-corrected chi connectivity index (χ3v) is 4.79. The van der Waals surface area contributed by atoms with Crippen molar-refractivity contribution in [2.75, 3.05) is 0 Å². The highest BCUT2D eigenvalue weighted by Gasteiger charge is 2.57. The van der Waals surface area contributed by atoms with E-state index in [0.29, 0.717) is 0 Å². The Labute approximate surface area is 90.8 Å². The third-order valence-electron chi connectivity index (χ3n) is 4.79. The van der Waals surface area contributed by atoms with Crippen LogP contribution in [0.2, 0.25) is 0 Å². The molecule has 3 saturated carbocycles. The van der Waals surface area contributed by atoms with Gasteiger partial charge in [-0.15, -0.1) is 0 Å². The maximum Gasteiger partial charge on any atom is 0.226 e. The first-order valence-electron chi connectivity index (χ1n) is 6.07. The molecule has 2 bridgehead atoms. The smallest absolute Gasteiger partial charge is 0.226 e. The summed E-state index contributed by atoms with van der Waals surface area (Å²) >= 11 is 0. The van der Waals surface area contributed by atoms with Crippen molar-refractivity contribution < 1.29 is 4.79 Å². The first-order valence-corrected chi connectivity index (χ1v) is 6.07. The van der Waals surface area contributed by atoms with Crippen LogP contribution in [0, 0.1) is 5.41 Å². The standard InChI is InChI=1S/C12H20N2O/c1-10(2-3-10)14-9(15)11-4-6-12(13,8-11)7-5-11/h2-8,13H2,1H3,(H,14,15). The number of carbonyl (C=O) groups excluding carboxylic acids is 1. The Bertz CT molecular complexity index is 312. The summed E-state index contributed by atoms with van der Waals surface area (Å²) in [5.74, 6) is 0.285. The van der Waals surface area contributed by atoms with Crippen molar-refractivity contribution in [3.05, 3.63) is 0 Å². The Morgan fingerprint density at radius 2 is 1.73 bits per heavy atom. The number of amides is 1. The van der Waals surface area contributed by atoms with E-state index in [0.717, 1.165) is 44.9 Å². The zero-order valence-corrected chi connectivity index (χ0v) is 9.44. The van der Waals surface area contributed by atoms with Crippen molar-refractivity contribution >= 4 is 5.91 Å². The molecule has 3 aliphatic carbocycles. The van der Waals surface area contributed by atoms with E-state index in [-0.39, 0.29) is 22.4 Å². The molecule has 3 N–H and O–H groups in total. The fourth-order valence-corrected chi connectivity index (χ4v) is 3.28. The second kappa shape index (κ2) is 2.57. The predicted octanol–water partition coefficient (Wildman–Crippen LogP) is 1.32. The molecule has 0 spiro atoms. The molecular weight excluding hydrogens is 188 g/mol. The Balaban J connectivity index is 1.74. The van der Waals surface area contributed by atoms with Gasteiger partial charge in [-0.3, -0.25) is 4.79 Å². The van der Waals surface area contributed by atoms with Gasteiger partial charge in [-0.25, -0.2) is 0 Å². The van der Waals surface area contributed by atoms with Crippen LogP contribution in [0.1, 0.15) is 51.9 Å². The van der Waals surface area contributed by atoms with Gasteiger partial charge in [0, 0.05) is 11.1 Å². The molecule has 0 saturated heterocycles. The molecule has 15 heavy (non-hydrogen) atoms. The quantitative estimate of drug-likeness (QED) is 0.719. The van der Waals surface area contributed by atoms with Crippen molar-refractivity contribution in [2.45, 2.75) is 62.9 Å². The molecule has 3 nitrogen and oxygen atoms in total. The van der Waals surface area contributed by atoms with Crippen molar-refractivity contribution in [2.24, 2.45) is 11.1 Å². The lowest BCUT2D eigenvalue weighted by molar-refractivity contribution is -0.131. The molecule has 0 heterocycles. The van der Waals surface area contributed by atoms with Crippen LogP contribution < -0.4 is 11.1 Å². The summed E-state index contributed by atoms with van der Waals surface area (Å²) in [6.45, 7) is 2.14. The highest BCUT2D eigenvalue weighted by atomic mass is 16.2. The number of nitrogens with two attached hydrogens (primary N) is 1. The van der Waals surface area contributed by atoms with Gasteiger partial charge in [0.25, 0.3) is 0 Å². The van der Waals surface area contributed by atoms with Crippen molar-refractivity contribution in [3.8, 4) is 0 Å². The predicted molar refractivity (Wildman–Crippen MR) is 58.2 cm³/mol. The maximum absolute atomic E-state index is 12.3. The van der Waals surface area contributed by atoms with Gasteiger partial charge in [0.15, 0.2) is 0 Å². The molecule has 0 aliphatic heterocycles. The minimum Gasteiger partial charge on any atom is -0.350 e. The van der Waals surface area contributed by atoms with Crippen LogP contribution in [-0.2, 0) is 4.79 Å². The summed E-state index contributed by atoms with van der Waals surface area (Å²) in [4.78, 5) is 12.3. The van der Waals surface area contributed by atoms with E-state index in [9.17, 15) is 4.79 Å². The van der Waals surface area contributed by atoms with Crippen LogP contribution in [0.5, 0.6) is 0 Å². The average Bonchev–Trinajstić information content (AvgIpc) is 2.68. The number of rotatable bonds is 2. The van der Waals surface area contributed by atoms with Gasteiger partial charge in [0.05, 0.1) is 5.41 Å². The Morgan fingerprint density at radius 3 is 2.13 bits per heavy atom. The van der Waals surface area contributed by atoms with E-state index < -0.39 is 0 Å². The summed E-state index contributed by atoms with van der Waals surface area (Å²) in [7, 11) is 0. The topological polar surface area (TPSA) is 55.1 Å². The van der Waals surface area contributed by atoms with E-state index in [1.807, 2.05) is 0 Å². The van der Waals surface area contributed by atoms with Crippen molar-refractivity contribution in [3.63, 3.8) is 0 Å². The molecule has 1 amide bonds. The zero-order valence-electron chi connectivity index (χ0n) is 9.44. The maximum atomic E-state index is 12.3. The Hall–Kier alpha value is -0.570. The number of carbonyl (C=O) groups is 1. The van der Waals surface area contributed by atoms with Crippen LogP contribution in [0.25, 0.3) is 0 Å². The Kier molecular flexibility index (Phi) is 1.65. The van der Waals surface area contributed by atoms with Crippen molar-refractivity contribution in [1.82, 2.24) is 5.32 Å². The first-order chi connectivity index (χ1) is 6.96. The van der Waals surface area contributed by atoms with E-state index >= 15 is 0 Å². The minimum atomic E-state index is -0.0969. The summed E-state index contributed by atoms with van der Waals surface area (Å²) in [6.07, 6.45) is 7.29. The van der Waals surface area contributed by atoms with Gasteiger partial charge in [-0.1, -0.05) is 0 Å². The highest BCUT2D eigenvalue weighted by Crippen LogP contribution is 2.55. The molecule has 0 atom stereocenters. The summed E-state index contributed by atoms with van der Waals surface area (Å²) < 4.78 is 0. The molecule has 0 unspecified atom stereocenters. The van der Waals surface area contributed by atoms with Gasteiger partial charge in [0.1, 0.15) is 0 Å². The molecule has 3 heteroatoms. The van der Waals surface area contributed by atoms with E-state index in [1.165, 1.54) is 0 Å². The fourth-order valence-electron chi connectivity index (χ4n) is 3.28. The van der Waals surface area contributed by atoms with Crippen molar-refractivity contribution in [1.29, 1.82) is 0 Å². The summed E-state index contributed by atoms with van der Waals surface area (Å²) in [6, 6.07) is 0. The lowest BCUT2D eigenvalue weighted by atomic mass is 9.83. The van der Waals surface area contributed by atoms with Gasteiger partial charge in [-0.2, -0.15) is 0 Å². The van der Waals surface area contributed by atoms with Crippen LogP contribution >= 0.6 is 0 Å². The zero-order chi connectivity index (χ0) is 10.7. The second-order valence-electron chi connectivity index (χ2n) is 6.33. The number of hydrogen-bond acceptors (Lipinski definition) is 2.